The molecular formula is C16H23ClN2. The van der Waals surface area contributed by atoms with Gasteiger partial charge in [-0.25, -0.2) is 0 Å². The summed E-state index contributed by atoms with van der Waals surface area (Å²) in [5.41, 5.74) is 1.26. The predicted molar refractivity (Wildman–Crippen MR) is 80.6 cm³/mol. The fraction of sp³-hybridized carbons (Fsp3) is 0.625. The summed E-state index contributed by atoms with van der Waals surface area (Å²) < 4.78 is 0. The molecule has 0 amide bonds. The summed E-state index contributed by atoms with van der Waals surface area (Å²) >= 11 is 6.33. The summed E-state index contributed by atoms with van der Waals surface area (Å²) in [6.07, 6.45) is 5.36. The van der Waals surface area contributed by atoms with E-state index in [0.29, 0.717) is 12.1 Å². The Morgan fingerprint density at radius 2 is 2.00 bits per heavy atom. The van der Waals surface area contributed by atoms with E-state index in [4.69, 9.17) is 11.6 Å². The van der Waals surface area contributed by atoms with E-state index in [-0.39, 0.29) is 0 Å². The number of benzene rings is 1. The molecule has 19 heavy (non-hydrogen) atoms. The summed E-state index contributed by atoms with van der Waals surface area (Å²) in [5, 5.41) is 4.66. The molecule has 0 spiro atoms. The van der Waals surface area contributed by atoms with Gasteiger partial charge in [0.2, 0.25) is 0 Å². The summed E-state index contributed by atoms with van der Waals surface area (Å²) in [7, 11) is 0. The molecule has 0 bridgehead atoms. The number of halogens is 1. The third-order valence-electron chi connectivity index (χ3n) is 4.40. The van der Waals surface area contributed by atoms with Gasteiger partial charge in [0.1, 0.15) is 0 Å². The number of nitrogens with zero attached hydrogens (tertiary/aromatic N) is 1. The fourth-order valence-electron chi connectivity index (χ4n) is 3.09. The van der Waals surface area contributed by atoms with Crippen LogP contribution < -0.4 is 5.32 Å². The monoisotopic (exact) mass is 278 g/mol. The molecule has 1 saturated carbocycles. The smallest absolute Gasteiger partial charge is 0.0453 e. The molecule has 0 radical (unpaired) electrons. The highest BCUT2D eigenvalue weighted by atomic mass is 35.5. The first kappa shape index (κ1) is 13.4. The number of nitrogens with one attached hydrogen (secondary N) is 1. The summed E-state index contributed by atoms with van der Waals surface area (Å²) in [4.78, 5) is 2.57. The van der Waals surface area contributed by atoms with Crippen LogP contribution in [0, 0.1) is 0 Å². The van der Waals surface area contributed by atoms with Gasteiger partial charge in [-0.2, -0.15) is 0 Å². The zero-order valence-corrected chi connectivity index (χ0v) is 12.4. The first-order valence-electron chi connectivity index (χ1n) is 7.48. The second-order valence-electron chi connectivity index (χ2n) is 5.97. The van der Waals surface area contributed by atoms with Gasteiger partial charge in [-0.3, -0.25) is 4.90 Å². The first-order chi connectivity index (χ1) is 9.24. The lowest BCUT2D eigenvalue weighted by Crippen LogP contribution is -2.47. The Morgan fingerprint density at radius 1 is 1.21 bits per heavy atom. The maximum Gasteiger partial charge on any atom is 0.0453 e. The molecule has 1 aromatic rings. The van der Waals surface area contributed by atoms with E-state index in [1.165, 1.54) is 37.8 Å². The van der Waals surface area contributed by atoms with Crippen LogP contribution in [0.1, 0.15) is 44.2 Å². The second-order valence-corrected chi connectivity index (χ2v) is 6.38. The van der Waals surface area contributed by atoms with E-state index < -0.39 is 0 Å². The normalized spacial score (nSPS) is 26.3. The van der Waals surface area contributed by atoms with Crippen LogP contribution in [0.25, 0.3) is 0 Å². The van der Waals surface area contributed by atoms with Crippen molar-refractivity contribution in [2.45, 2.75) is 50.7 Å². The van der Waals surface area contributed by atoms with Gasteiger partial charge < -0.3 is 5.32 Å². The second kappa shape index (κ2) is 5.82. The largest absolute Gasteiger partial charge is 0.310 e. The van der Waals surface area contributed by atoms with Crippen LogP contribution in [0.3, 0.4) is 0 Å². The average Bonchev–Trinajstić information content (AvgIpc) is 3.23. The minimum absolute atomic E-state index is 0.414. The van der Waals surface area contributed by atoms with Crippen LogP contribution in [-0.2, 0) is 0 Å². The van der Waals surface area contributed by atoms with Crippen LogP contribution in [0.15, 0.2) is 24.3 Å². The Hall–Kier alpha value is -0.570. The van der Waals surface area contributed by atoms with E-state index in [2.05, 4.69) is 29.3 Å². The highest BCUT2D eigenvalue weighted by Crippen LogP contribution is 2.30. The molecule has 1 aromatic carbocycles. The predicted octanol–water partition coefficient (Wildman–Crippen LogP) is 3.62. The molecule has 2 atom stereocenters. The van der Waals surface area contributed by atoms with Gasteiger partial charge in [0.25, 0.3) is 0 Å². The van der Waals surface area contributed by atoms with Crippen molar-refractivity contribution in [2.75, 3.05) is 13.1 Å². The van der Waals surface area contributed by atoms with Crippen LogP contribution in [0.2, 0.25) is 5.02 Å². The Bertz CT molecular complexity index is 431. The van der Waals surface area contributed by atoms with Crippen molar-refractivity contribution in [1.82, 2.24) is 10.2 Å². The number of hydrogen-bond acceptors (Lipinski definition) is 2. The van der Waals surface area contributed by atoms with Gasteiger partial charge in [-0.15, -0.1) is 0 Å². The molecule has 104 valence electrons. The van der Waals surface area contributed by atoms with Gasteiger partial charge in [0.05, 0.1) is 0 Å². The van der Waals surface area contributed by atoms with Gasteiger partial charge in [0.15, 0.2) is 0 Å². The van der Waals surface area contributed by atoms with E-state index in [1.54, 1.807) is 0 Å². The minimum Gasteiger partial charge on any atom is -0.310 e. The standard InChI is InChI=1S/C16H23ClN2/c1-12(15-6-2-3-7-16(15)17)19-10-4-5-14(11-19)18-13-8-9-13/h2-3,6-7,12-14,18H,4-5,8-11H2,1H3. The van der Waals surface area contributed by atoms with Crippen molar-refractivity contribution in [3.8, 4) is 0 Å². The first-order valence-corrected chi connectivity index (χ1v) is 7.86. The molecule has 2 aliphatic rings. The summed E-state index contributed by atoms with van der Waals surface area (Å²) in [6.45, 7) is 4.62. The molecule has 1 N–H and O–H groups in total. The maximum absolute atomic E-state index is 6.33. The van der Waals surface area contributed by atoms with Crippen molar-refractivity contribution in [3.63, 3.8) is 0 Å². The lowest BCUT2D eigenvalue weighted by atomic mass is 10.0. The summed E-state index contributed by atoms with van der Waals surface area (Å²) in [5.74, 6) is 0. The van der Waals surface area contributed by atoms with Gasteiger partial charge >= 0.3 is 0 Å². The number of piperidine rings is 1. The Kier molecular flexibility index (Phi) is 4.11. The van der Waals surface area contributed by atoms with Crippen molar-refractivity contribution in [2.24, 2.45) is 0 Å². The van der Waals surface area contributed by atoms with E-state index >= 15 is 0 Å². The van der Waals surface area contributed by atoms with Crippen molar-refractivity contribution >= 4 is 11.6 Å². The maximum atomic E-state index is 6.33. The molecule has 0 aromatic heterocycles. The van der Waals surface area contributed by atoms with Gasteiger partial charge in [-0.1, -0.05) is 29.8 Å². The lowest BCUT2D eigenvalue weighted by Gasteiger charge is -2.37. The quantitative estimate of drug-likeness (QED) is 0.905. The van der Waals surface area contributed by atoms with E-state index in [1.807, 2.05) is 12.1 Å². The third kappa shape index (κ3) is 3.31. The molecular weight excluding hydrogens is 256 g/mol. The van der Waals surface area contributed by atoms with Crippen LogP contribution >= 0.6 is 11.6 Å². The fourth-order valence-corrected chi connectivity index (χ4v) is 3.38. The molecule has 3 rings (SSSR count). The number of likely N-dealkylation sites (tertiary alicyclic amines) is 1. The SMILES string of the molecule is CC(c1ccccc1Cl)N1CCCC(NC2CC2)C1. The molecule has 3 heteroatoms. The molecule has 1 saturated heterocycles. The van der Waals surface area contributed by atoms with Crippen LogP contribution in [-0.4, -0.2) is 30.1 Å². The zero-order chi connectivity index (χ0) is 13.2. The third-order valence-corrected chi connectivity index (χ3v) is 4.75. The van der Waals surface area contributed by atoms with E-state index in [0.717, 1.165) is 17.6 Å². The van der Waals surface area contributed by atoms with Crippen molar-refractivity contribution in [3.05, 3.63) is 34.9 Å². The highest BCUT2D eigenvalue weighted by Gasteiger charge is 2.29. The number of hydrogen-bond donors (Lipinski definition) is 1. The van der Waals surface area contributed by atoms with Crippen LogP contribution in [0.4, 0.5) is 0 Å². The van der Waals surface area contributed by atoms with E-state index in [9.17, 15) is 0 Å². The Balaban J connectivity index is 1.65. The number of rotatable bonds is 4. The van der Waals surface area contributed by atoms with Crippen LogP contribution in [0.5, 0.6) is 0 Å². The summed E-state index contributed by atoms with van der Waals surface area (Å²) in [6, 6.07) is 10.1. The Morgan fingerprint density at radius 3 is 2.74 bits per heavy atom. The Labute approximate surface area is 121 Å². The molecule has 1 aliphatic heterocycles. The molecule has 2 fully saturated rings. The zero-order valence-electron chi connectivity index (χ0n) is 11.6. The molecule has 2 unspecified atom stereocenters. The van der Waals surface area contributed by atoms with Crippen molar-refractivity contribution in [1.29, 1.82) is 0 Å². The molecule has 1 heterocycles. The molecule has 1 aliphatic carbocycles. The molecule has 2 nitrogen and oxygen atoms in total. The van der Waals surface area contributed by atoms with Gasteiger partial charge in [-0.05, 0) is 50.8 Å². The highest BCUT2D eigenvalue weighted by molar-refractivity contribution is 6.31. The minimum atomic E-state index is 0.414. The van der Waals surface area contributed by atoms with Crippen molar-refractivity contribution < 1.29 is 0 Å². The topological polar surface area (TPSA) is 15.3 Å². The average molecular weight is 279 g/mol. The lowest BCUT2D eigenvalue weighted by molar-refractivity contribution is 0.145. The van der Waals surface area contributed by atoms with Gasteiger partial charge in [0, 0.05) is 29.7 Å².